The topological polar surface area (TPSA) is 135 Å². The van der Waals surface area contributed by atoms with Gasteiger partial charge in [0.15, 0.2) is 6.10 Å². The van der Waals surface area contributed by atoms with Gasteiger partial charge in [0.1, 0.15) is 6.04 Å². The number of thiazole rings is 1. The molecule has 1 aliphatic heterocycles. The van der Waals surface area contributed by atoms with Crippen molar-refractivity contribution in [3.05, 3.63) is 41.0 Å². The number of likely N-dealkylation sites (tertiary alicyclic amines) is 1. The van der Waals surface area contributed by atoms with Gasteiger partial charge in [0, 0.05) is 18.4 Å². The van der Waals surface area contributed by atoms with E-state index in [1.807, 2.05) is 43.6 Å². The lowest BCUT2D eigenvalue weighted by Crippen LogP contribution is -2.53. The van der Waals surface area contributed by atoms with Gasteiger partial charge in [-0.25, -0.2) is 9.78 Å². The van der Waals surface area contributed by atoms with Crippen LogP contribution in [0.4, 0.5) is 4.79 Å². The Morgan fingerprint density at radius 2 is 1.91 bits per heavy atom. The number of ether oxygens (including phenoxy) is 1. The van der Waals surface area contributed by atoms with Gasteiger partial charge in [-0.2, -0.15) is 0 Å². The number of hydrogen-bond acceptors (Lipinski definition) is 7. The minimum absolute atomic E-state index is 0.0249. The summed E-state index contributed by atoms with van der Waals surface area (Å²) in [5.74, 6) is -0.938. The Morgan fingerprint density at radius 3 is 2.44 bits per heavy atom. The van der Waals surface area contributed by atoms with Crippen molar-refractivity contribution in [3.8, 4) is 10.4 Å². The van der Waals surface area contributed by atoms with Crippen molar-refractivity contribution in [1.82, 2.24) is 15.2 Å². The Hall–Kier alpha value is -2.98. The van der Waals surface area contributed by atoms with Crippen LogP contribution in [0.5, 0.6) is 0 Å². The van der Waals surface area contributed by atoms with Crippen LogP contribution < -0.4 is 11.1 Å². The first-order valence-electron chi connectivity index (χ1n) is 11.1. The zero-order chi connectivity index (χ0) is 25.2. The summed E-state index contributed by atoms with van der Waals surface area (Å²) in [5, 5.41) is 13.2. The predicted octanol–water partition coefficient (Wildman–Crippen LogP) is 2.77. The van der Waals surface area contributed by atoms with Crippen molar-refractivity contribution in [1.29, 1.82) is 0 Å². The number of primary amides is 1. The molecule has 2 heterocycles. The van der Waals surface area contributed by atoms with Gasteiger partial charge >= 0.3 is 6.09 Å². The summed E-state index contributed by atoms with van der Waals surface area (Å²) in [7, 11) is 0. The van der Waals surface area contributed by atoms with E-state index in [0.29, 0.717) is 0 Å². The molecule has 10 heteroatoms. The number of hydrogen-bond donors (Lipinski definition) is 3. The number of amides is 3. The molecule has 3 amide bonds. The van der Waals surface area contributed by atoms with Crippen molar-refractivity contribution in [3.63, 3.8) is 0 Å². The third kappa shape index (κ3) is 5.74. The number of rotatable bonds is 6. The van der Waals surface area contributed by atoms with Crippen LogP contribution in [0, 0.1) is 12.3 Å². The highest BCUT2D eigenvalue weighted by molar-refractivity contribution is 7.13. The molecular formula is C24H32N4O5S. The number of carbonyl (C=O) groups excluding carboxylic acids is 3. The summed E-state index contributed by atoms with van der Waals surface area (Å²) in [6.07, 6.45) is -3.00. The molecule has 0 aliphatic carbocycles. The number of aromatic nitrogens is 1. The zero-order valence-corrected chi connectivity index (χ0v) is 20.9. The molecule has 0 bridgehead atoms. The van der Waals surface area contributed by atoms with Gasteiger partial charge in [-0.05, 0) is 25.0 Å². The molecule has 34 heavy (non-hydrogen) atoms. The van der Waals surface area contributed by atoms with Crippen molar-refractivity contribution in [2.45, 2.75) is 65.3 Å². The van der Waals surface area contributed by atoms with Gasteiger partial charge in [0.25, 0.3) is 5.91 Å². The Balaban J connectivity index is 1.72. The Bertz CT molecular complexity index is 1050. The molecule has 9 nitrogen and oxygen atoms in total. The van der Waals surface area contributed by atoms with E-state index in [1.54, 1.807) is 32.1 Å². The van der Waals surface area contributed by atoms with Gasteiger partial charge in [-0.3, -0.25) is 9.59 Å². The molecule has 0 radical (unpaired) electrons. The first kappa shape index (κ1) is 25.6. The Labute approximate surface area is 203 Å². The summed E-state index contributed by atoms with van der Waals surface area (Å²) in [6.45, 7) is 9.00. The Morgan fingerprint density at radius 1 is 1.26 bits per heavy atom. The number of aliphatic hydroxyl groups excluding tert-OH is 1. The van der Waals surface area contributed by atoms with Gasteiger partial charge in [-0.15, -0.1) is 11.3 Å². The molecular weight excluding hydrogens is 456 g/mol. The summed E-state index contributed by atoms with van der Waals surface area (Å²) >= 11 is 1.57. The van der Waals surface area contributed by atoms with Crippen LogP contribution >= 0.6 is 11.3 Å². The molecule has 4 atom stereocenters. The molecule has 3 rings (SSSR count). The van der Waals surface area contributed by atoms with Gasteiger partial charge < -0.3 is 25.8 Å². The second kappa shape index (κ2) is 10.1. The van der Waals surface area contributed by atoms with Crippen LogP contribution in [0.2, 0.25) is 0 Å². The summed E-state index contributed by atoms with van der Waals surface area (Å²) in [4.78, 5) is 44.4. The van der Waals surface area contributed by atoms with Crippen LogP contribution in [-0.2, 0) is 14.3 Å². The van der Waals surface area contributed by atoms with Gasteiger partial charge in [-0.1, -0.05) is 45.0 Å². The van der Waals surface area contributed by atoms with Crippen LogP contribution in [0.25, 0.3) is 10.4 Å². The third-order valence-corrected chi connectivity index (χ3v) is 6.86. The predicted molar refractivity (Wildman–Crippen MR) is 129 cm³/mol. The first-order valence-corrected chi connectivity index (χ1v) is 12.0. The second-order valence-electron chi connectivity index (χ2n) is 9.70. The lowest BCUT2D eigenvalue weighted by atomic mass is 9.88. The number of benzene rings is 1. The number of aryl methyl sites for hydroxylation is 1. The number of β-amino-alcohol motifs (C(OH)–C–C–N with tert-alkyl or cyclic N) is 1. The highest BCUT2D eigenvalue weighted by Crippen LogP contribution is 2.30. The molecule has 2 aromatic rings. The fourth-order valence-electron chi connectivity index (χ4n) is 4.07. The number of carbonyl (C=O) groups is 3. The van der Waals surface area contributed by atoms with E-state index in [-0.39, 0.29) is 24.9 Å². The maximum Gasteiger partial charge on any atom is 0.405 e. The van der Waals surface area contributed by atoms with Crippen molar-refractivity contribution < 1.29 is 24.2 Å². The van der Waals surface area contributed by atoms with Crippen LogP contribution in [0.1, 0.15) is 51.4 Å². The quantitative estimate of drug-likeness (QED) is 0.572. The second-order valence-corrected chi connectivity index (χ2v) is 10.6. The molecule has 1 saturated heterocycles. The monoisotopic (exact) mass is 488 g/mol. The normalized spacial score (nSPS) is 20.0. The van der Waals surface area contributed by atoms with E-state index in [1.165, 1.54) is 4.90 Å². The highest BCUT2D eigenvalue weighted by Gasteiger charge is 2.45. The van der Waals surface area contributed by atoms with Crippen molar-refractivity contribution >= 4 is 29.2 Å². The minimum Gasteiger partial charge on any atom is -0.436 e. The lowest BCUT2D eigenvalue weighted by Gasteiger charge is -2.34. The fourth-order valence-corrected chi connectivity index (χ4v) is 4.88. The highest BCUT2D eigenvalue weighted by atomic mass is 32.1. The van der Waals surface area contributed by atoms with Crippen LogP contribution in [-0.4, -0.2) is 57.7 Å². The summed E-state index contributed by atoms with van der Waals surface area (Å²) < 4.78 is 5.08. The van der Waals surface area contributed by atoms with Crippen molar-refractivity contribution in [2.24, 2.45) is 11.1 Å². The first-order chi connectivity index (χ1) is 15.9. The fraction of sp³-hybridized carbons (Fsp3) is 0.500. The largest absolute Gasteiger partial charge is 0.436 e. The molecule has 1 aromatic heterocycles. The number of nitrogens with zero attached hydrogens (tertiary/aromatic N) is 2. The zero-order valence-electron chi connectivity index (χ0n) is 20.1. The molecule has 1 aliphatic rings. The molecule has 0 saturated carbocycles. The smallest absolute Gasteiger partial charge is 0.405 e. The van der Waals surface area contributed by atoms with Gasteiger partial charge in [0.05, 0.1) is 28.2 Å². The van der Waals surface area contributed by atoms with Crippen molar-refractivity contribution in [2.75, 3.05) is 6.54 Å². The molecule has 1 fully saturated rings. The van der Waals surface area contributed by atoms with E-state index in [2.05, 4.69) is 10.3 Å². The van der Waals surface area contributed by atoms with E-state index in [4.69, 9.17) is 10.5 Å². The maximum absolute atomic E-state index is 13.2. The molecule has 1 aromatic carbocycles. The minimum atomic E-state index is -1.18. The lowest BCUT2D eigenvalue weighted by molar-refractivity contribution is -0.150. The Kier molecular flexibility index (Phi) is 7.62. The van der Waals surface area contributed by atoms with E-state index >= 15 is 0 Å². The van der Waals surface area contributed by atoms with E-state index in [9.17, 15) is 19.5 Å². The standard InChI is InChI=1S/C24H32N4O5S/c1-13(15-6-8-16(9-7-15)19-14(2)26-12-34-19)27-21(30)18-10-17(29)11-28(18)22(31)20(24(3,4)5)33-23(25)32/h6-9,12-13,17-18,20,29H,10-11H2,1-5H3,(H2,25,32)(H,27,30)/t13?,17-,18-,20?/m0/s1. The number of nitrogens with two attached hydrogens (primary N) is 1. The maximum atomic E-state index is 13.2. The molecule has 2 unspecified atom stereocenters. The van der Waals surface area contributed by atoms with Gasteiger partial charge in [0.2, 0.25) is 5.91 Å². The molecule has 184 valence electrons. The van der Waals surface area contributed by atoms with E-state index in [0.717, 1.165) is 21.7 Å². The SMILES string of the molecule is Cc1ncsc1-c1ccc(C(C)NC(=O)[C@@H]2C[C@H](O)CN2C(=O)C(OC(N)=O)C(C)(C)C)cc1. The molecule has 4 N–H and O–H groups in total. The molecule has 0 spiro atoms. The number of aliphatic hydroxyl groups is 1. The van der Waals surface area contributed by atoms with E-state index < -0.39 is 35.7 Å². The number of nitrogens with one attached hydrogen (secondary N) is 1. The third-order valence-electron chi connectivity index (χ3n) is 5.89. The summed E-state index contributed by atoms with van der Waals surface area (Å²) in [6, 6.07) is 6.67. The summed E-state index contributed by atoms with van der Waals surface area (Å²) in [5.41, 5.74) is 9.16. The average Bonchev–Trinajstić information content (AvgIpc) is 3.36. The van der Waals surface area contributed by atoms with Crippen LogP contribution in [0.15, 0.2) is 29.8 Å². The average molecular weight is 489 g/mol. The van der Waals surface area contributed by atoms with Crippen LogP contribution in [0.3, 0.4) is 0 Å².